The van der Waals surface area contributed by atoms with Gasteiger partial charge in [-0.25, -0.2) is 0 Å². The minimum Gasteiger partial charge on any atom is -0.756 e. The van der Waals surface area contributed by atoms with Crippen LogP contribution in [0.4, 0.5) is 0 Å². The van der Waals surface area contributed by atoms with Crippen LogP contribution in [0.3, 0.4) is 0 Å². The molecule has 0 aliphatic rings. The summed E-state index contributed by atoms with van der Waals surface area (Å²) in [6, 6.07) is -0.915. The Bertz CT molecular complexity index is 1580. The molecule has 0 spiro atoms. The summed E-state index contributed by atoms with van der Waals surface area (Å²) in [7, 11) is 1.15. The fourth-order valence-electron chi connectivity index (χ4n) is 8.66. The van der Waals surface area contributed by atoms with Crippen molar-refractivity contribution in [1.29, 1.82) is 0 Å². The number of likely N-dealkylation sites (N-methyl/N-ethyl adjacent to an activating group) is 1. The van der Waals surface area contributed by atoms with Gasteiger partial charge in [0.2, 0.25) is 5.91 Å². The van der Waals surface area contributed by atoms with Gasteiger partial charge in [-0.1, -0.05) is 241 Å². The van der Waals surface area contributed by atoms with Crippen LogP contribution in [-0.2, 0) is 27.9 Å². The van der Waals surface area contributed by atoms with E-state index in [0.717, 1.165) is 77.0 Å². The van der Waals surface area contributed by atoms with Crippen LogP contribution >= 0.6 is 7.82 Å². The molecule has 0 aromatic rings. The Kier molecular flexibility index (Phi) is 53.5. The molecule has 0 aliphatic carbocycles. The van der Waals surface area contributed by atoms with Gasteiger partial charge in [0.05, 0.1) is 33.8 Å². The highest BCUT2D eigenvalue weighted by atomic mass is 31.2. The molecule has 3 atom stereocenters. The number of allylic oxidation sites excluding steroid dienone is 13. The number of unbranched alkanes of at least 4 members (excludes halogenated alkanes) is 28. The number of phosphoric ester groups is 1. The second-order valence-corrected chi connectivity index (χ2v) is 23.6. The molecule has 0 aliphatic heterocycles. The second kappa shape index (κ2) is 55.5. The lowest BCUT2D eigenvalue weighted by Gasteiger charge is -2.30. The van der Waals surface area contributed by atoms with Gasteiger partial charge in [0.15, 0.2) is 0 Å². The Labute approximate surface area is 469 Å². The van der Waals surface area contributed by atoms with E-state index in [2.05, 4.69) is 99.0 Å². The number of hydrogen-bond donors (Lipinski definition) is 1. The number of ether oxygens (including phenoxy) is 1. The zero-order valence-electron chi connectivity index (χ0n) is 50.2. The first kappa shape index (κ1) is 73.2. The normalized spacial score (nSPS) is 14.2. The molecule has 0 fully saturated rings. The van der Waals surface area contributed by atoms with E-state index in [1.807, 2.05) is 33.3 Å². The molecule has 0 aromatic carbocycles. The molecule has 76 heavy (non-hydrogen) atoms. The van der Waals surface area contributed by atoms with Crippen LogP contribution in [0.25, 0.3) is 0 Å². The van der Waals surface area contributed by atoms with Gasteiger partial charge < -0.3 is 28.5 Å². The Morgan fingerprint density at radius 2 is 0.816 bits per heavy atom. The predicted octanol–water partition coefficient (Wildman–Crippen LogP) is 18.8. The minimum absolute atomic E-state index is 0.0339. The van der Waals surface area contributed by atoms with Gasteiger partial charge in [-0.05, 0) is 102 Å². The quantitative estimate of drug-likeness (QED) is 0.0212. The molecule has 440 valence electrons. The fraction of sp³-hybridized carbons (Fsp3) is 0.758. The zero-order chi connectivity index (χ0) is 55.7. The minimum atomic E-state index is -4.71. The van der Waals surface area contributed by atoms with E-state index in [9.17, 15) is 19.0 Å². The summed E-state index contributed by atoms with van der Waals surface area (Å²) < 4.78 is 30.3. The third-order valence-corrected chi connectivity index (χ3v) is 14.5. The average molecular weight is 1080 g/mol. The second-order valence-electron chi connectivity index (χ2n) is 22.2. The molecule has 3 unspecified atom stereocenters. The van der Waals surface area contributed by atoms with E-state index < -0.39 is 32.5 Å². The number of carbonyl (C=O) groups excluding carboxylic acids is 2. The Hall–Kier alpha value is -2.81. The summed E-state index contributed by atoms with van der Waals surface area (Å²) in [5.41, 5.74) is 0. The van der Waals surface area contributed by atoms with Crippen molar-refractivity contribution < 1.29 is 37.3 Å². The number of esters is 1. The van der Waals surface area contributed by atoms with E-state index in [1.54, 1.807) is 0 Å². The zero-order valence-corrected chi connectivity index (χ0v) is 51.1. The monoisotopic (exact) mass is 1080 g/mol. The highest BCUT2D eigenvalue weighted by Crippen LogP contribution is 2.38. The summed E-state index contributed by atoms with van der Waals surface area (Å²) in [4.78, 5) is 40.0. The first-order valence-corrected chi connectivity index (χ1v) is 32.9. The largest absolute Gasteiger partial charge is 0.756 e. The molecule has 0 radical (unpaired) electrons. The Morgan fingerprint density at radius 1 is 0.461 bits per heavy atom. The van der Waals surface area contributed by atoms with Crippen LogP contribution in [0.15, 0.2) is 85.1 Å². The maximum absolute atomic E-state index is 13.5. The van der Waals surface area contributed by atoms with Gasteiger partial charge in [-0.15, -0.1) is 0 Å². The first-order chi connectivity index (χ1) is 36.9. The number of quaternary nitrogens is 1. The van der Waals surface area contributed by atoms with Gasteiger partial charge in [0.25, 0.3) is 7.82 Å². The molecular weight excluding hydrogens is 964 g/mol. The molecule has 9 nitrogen and oxygen atoms in total. The lowest BCUT2D eigenvalue weighted by Crippen LogP contribution is -2.47. The number of nitrogens with one attached hydrogen (secondary N) is 1. The molecule has 0 saturated carbocycles. The van der Waals surface area contributed by atoms with E-state index in [4.69, 9.17) is 13.8 Å². The van der Waals surface area contributed by atoms with Crippen LogP contribution in [0.2, 0.25) is 0 Å². The Balaban J connectivity index is 5.31. The maximum atomic E-state index is 13.5. The Morgan fingerprint density at radius 3 is 1.25 bits per heavy atom. The van der Waals surface area contributed by atoms with E-state index in [-0.39, 0.29) is 18.9 Å². The number of phosphoric acid groups is 1. The van der Waals surface area contributed by atoms with Crippen molar-refractivity contribution in [3.63, 3.8) is 0 Å². The summed E-state index contributed by atoms with van der Waals surface area (Å²) in [5, 5.41) is 3.01. The van der Waals surface area contributed by atoms with Crippen LogP contribution in [0.1, 0.15) is 271 Å². The van der Waals surface area contributed by atoms with Crippen molar-refractivity contribution in [2.45, 2.75) is 283 Å². The van der Waals surface area contributed by atoms with Crippen LogP contribution in [0, 0.1) is 0 Å². The van der Waals surface area contributed by atoms with Gasteiger partial charge in [-0.2, -0.15) is 0 Å². The molecule has 0 saturated heterocycles. The number of hydrogen-bond acceptors (Lipinski definition) is 7. The maximum Gasteiger partial charge on any atom is 0.306 e. The number of rotatable bonds is 56. The van der Waals surface area contributed by atoms with E-state index in [0.29, 0.717) is 23.9 Å². The van der Waals surface area contributed by atoms with Crippen LogP contribution in [-0.4, -0.2) is 69.4 Å². The van der Waals surface area contributed by atoms with Crippen molar-refractivity contribution in [2.24, 2.45) is 0 Å². The fourth-order valence-corrected chi connectivity index (χ4v) is 9.38. The molecule has 0 heterocycles. The first-order valence-electron chi connectivity index (χ1n) is 31.4. The van der Waals surface area contributed by atoms with Crippen molar-refractivity contribution in [3.8, 4) is 0 Å². The number of nitrogens with zero attached hydrogens (tertiary/aromatic N) is 1. The molecule has 1 amide bonds. The number of carbonyl (C=O) groups is 2. The number of amides is 1. The molecule has 0 aromatic heterocycles. The topological polar surface area (TPSA) is 114 Å². The summed E-state index contributed by atoms with van der Waals surface area (Å²) in [5.74, 6) is -0.608. The smallest absolute Gasteiger partial charge is 0.306 e. The predicted molar refractivity (Wildman–Crippen MR) is 325 cm³/mol. The molecular formula is C66H119N2O7P. The van der Waals surface area contributed by atoms with Crippen LogP contribution in [0.5, 0.6) is 0 Å². The standard InChI is InChI=1S/C66H119N2O7P/c1-7-10-13-16-19-22-25-28-30-32-33-34-35-37-38-40-43-46-49-52-55-58-65(69)67-63(62-74-76(71,72)73-61-60-68(4,5)6)64(57-54-51-48-45-42-27-24-21-18-15-12-9-3)75-66(70)59-56-53-50-47-44-41-39-36-31-29-26-23-20-17-14-11-8-2/h19-20,22-23,28-31,39,41,47,50,54,57,63-64H,7-18,21,24-27,32-38,40,42-46,48-49,51-53,55-56,58-62H2,1-6H3,(H-,67,69,71,72)/b22-19-,23-20-,30-28-,31-29-,41-39-,50-47-,57-54-. The third-order valence-electron chi connectivity index (χ3n) is 13.5. The van der Waals surface area contributed by atoms with Gasteiger partial charge in [0, 0.05) is 12.8 Å². The van der Waals surface area contributed by atoms with Crippen molar-refractivity contribution in [3.05, 3.63) is 85.1 Å². The molecule has 0 bridgehead atoms. The summed E-state index contributed by atoms with van der Waals surface area (Å²) in [6.07, 6.45) is 72.7. The SMILES string of the molecule is CCCCC/C=C\C/C=C\C/C=C\C/C=C\CCCC(=O)OC(/C=C\CCCCCCCCCCCC)C(COP(=O)([O-])OCC[N+](C)(C)C)NC(=O)CCCCCCCCCCCCC/C=C\C/C=C\CCCCC. The lowest BCUT2D eigenvalue weighted by molar-refractivity contribution is -0.870. The molecule has 0 rings (SSSR count). The molecule has 1 N–H and O–H groups in total. The van der Waals surface area contributed by atoms with Crippen molar-refractivity contribution in [1.82, 2.24) is 5.32 Å². The average Bonchev–Trinajstić information content (AvgIpc) is 3.38. The highest BCUT2D eigenvalue weighted by molar-refractivity contribution is 7.45. The van der Waals surface area contributed by atoms with Crippen molar-refractivity contribution >= 4 is 19.7 Å². The van der Waals surface area contributed by atoms with Crippen LogP contribution < -0.4 is 10.2 Å². The summed E-state index contributed by atoms with van der Waals surface area (Å²) in [6.45, 7) is 6.76. The van der Waals surface area contributed by atoms with E-state index >= 15 is 0 Å². The van der Waals surface area contributed by atoms with Gasteiger partial charge >= 0.3 is 5.97 Å². The third kappa shape index (κ3) is 55.9. The van der Waals surface area contributed by atoms with Gasteiger partial charge in [0.1, 0.15) is 19.3 Å². The summed E-state index contributed by atoms with van der Waals surface area (Å²) >= 11 is 0. The van der Waals surface area contributed by atoms with Crippen molar-refractivity contribution in [2.75, 3.05) is 40.9 Å². The van der Waals surface area contributed by atoms with E-state index in [1.165, 1.54) is 154 Å². The van der Waals surface area contributed by atoms with Gasteiger partial charge in [-0.3, -0.25) is 14.2 Å². The highest BCUT2D eigenvalue weighted by Gasteiger charge is 2.27. The molecule has 10 heteroatoms. The lowest BCUT2D eigenvalue weighted by atomic mass is 10.0.